The van der Waals surface area contributed by atoms with E-state index in [1.807, 2.05) is 0 Å². The lowest BCUT2D eigenvalue weighted by Crippen LogP contribution is -2.45. The lowest BCUT2D eigenvalue weighted by atomic mass is 10.5. The van der Waals surface area contributed by atoms with Crippen molar-refractivity contribution in [3.05, 3.63) is 0 Å². The maximum absolute atomic E-state index is 5.37. The summed E-state index contributed by atoms with van der Waals surface area (Å²) in [4.78, 5) is 0. The van der Waals surface area contributed by atoms with E-state index in [4.69, 9.17) is 17.2 Å². The number of hydrogen-bond donors (Lipinski definition) is 4. The van der Waals surface area contributed by atoms with E-state index in [2.05, 4.69) is 5.32 Å². The number of nitrogens with one attached hydrogen (secondary N) is 1. The molecular formula is C4H16Cl2N4. The van der Waals surface area contributed by atoms with Crippen molar-refractivity contribution in [2.45, 2.75) is 6.17 Å². The van der Waals surface area contributed by atoms with Gasteiger partial charge in [-0.05, 0) is 0 Å². The van der Waals surface area contributed by atoms with Gasteiger partial charge in [0.2, 0.25) is 0 Å². The van der Waals surface area contributed by atoms with Gasteiger partial charge in [0, 0.05) is 19.6 Å². The Morgan fingerprint density at radius 3 is 2.00 bits per heavy atom. The molecule has 10 heavy (non-hydrogen) atoms. The van der Waals surface area contributed by atoms with Crippen LogP contribution in [0.4, 0.5) is 0 Å². The smallest absolute Gasteiger partial charge is 0.0673 e. The van der Waals surface area contributed by atoms with Crippen LogP contribution in [0.3, 0.4) is 0 Å². The molecule has 0 saturated heterocycles. The molecule has 6 heteroatoms. The molecule has 0 heterocycles. The topological polar surface area (TPSA) is 90.1 Å². The quantitative estimate of drug-likeness (QED) is 0.412. The van der Waals surface area contributed by atoms with Crippen molar-refractivity contribution >= 4 is 24.8 Å². The third kappa shape index (κ3) is 11.2. The molecule has 0 radical (unpaired) electrons. The van der Waals surface area contributed by atoms with E-state index in [9.17, 15) is 0 Å². The summed E-state index contributed by atoms with van der Waals surface area (Å²) in [6.45, 7) is 1.80. The minimum atomic E-state index is -0.0986. The highest BCUT2D eigenvalue weighted by atomic mass is 35.5. The largest absolute Gasteiger partial charge is 0.329 e. The van der Waals surface area contributed by atoms with E-state index in [0.717, 1.165) is 6.54 Å². The van der Waals surface area contributed by atoms with Crippen LogP contribution in [0.2, 0.25) is 0 Å². The van der Waals surface area contributed by atoms with Crippen LogP contribution < -0.4 is 22.5 Å². The average molecular weight is 191 g/mol. The van der Waals surface area contributed by atoms with E-state index in [0.29, 0.717) is 13.1 Å². The van der Waals surface area contributed by atoms with Crippen molar-refractivity contribution in [2.75, 3.05) is 19.6 Å². The molecule has 0 aromatic carbocycles. The summed E-state index contributed by atoms with van der Waals surface area (Å²) in [6, 6.07) is 0. The fourth-order valence-electron chi connectivity index (χ4n) is 0.352. The van der Waals surface area contributed by atoms with Crippen LogP contribution in [-0.4, -0.2) is 25.8 Å². The van der Waals surface area contributed by atoms with E-state index in [-0.39, 0.29) is 31.0 Å². The second-order valence-corrected chi connectivity index (χ2v) is 1.58. The van der Waals surface area contributed by atoms with Crippen LogP contribution >= 0.6 is 24.8 Å². The van der Waals surface area contributed by atoms with Gasteiger partial charge in [0.15, 0.2) is 0 Å². The first-order chi connectivity index (χ1) is 3.81. The van der Waals surface area contributed by atoms with Gasteiger partial charge in [-0.25, -0.2) is 0 Å². The van der Waals surface area contributed by atoms with Gasteiger partial charge in [0.05, 0.1) is 6.17 Å². The van der Waals surface area contributed by atoms with Crippen LogP contribution in [0.5, 0.6) is 0 Å². The number of rotatable bonds is 4. The van der Waals surface area contributed by atoms with Crippen molar-refractivity contribution in [3.63, 3.8) is 0 Å². The summed E-state index contributed by atoms with van der Waals surface area (Å²) in [5, 5.41) is 2.91. The van der Waals surface area contributed by atoms with Crippen LogP contribution in [-0.2, 0) is 0 Å². The summed E-state index contributed by atoms with van der Waals surface area (Å²) < 4.78 is 0. The van der Waals surface area contributed by atoms with E-state index < -0.39 is 0 Å². The third-order valence-electron chi connectivity index (χ3n) is 0.805. The fourth-order valence-corrected chi connectivity index (χ4v) is 0.352. The monoisotopic (exact) mass is 190 g/mol. The zero-order chi connectivity index (χ0) is 6.41. The minimum Gasteiger partial charge on any atom is -0.329 e. The molecule has 0 aliphatic carbocycles. The van der Waals surface area contributed by atoms with Gasteiger partial charge in [-0.1, -0.05) is 0 Å². The van der Waals surface area contributed by atoms with Crippen molar-refractivity contribution in [1.29, 1.82) is 0 Å². The molecule has 4 nitrogen and oxygen atoms in total. The van der Waals surface area contributed by atoms with Crippen molar-refractivity contribution < 1.29 is 0 Å². The van der Waals surface area contributed by atoms with Gasteiger partial charge in [-0.3, -0.25) is 5.32 Å². The van der Waals surface area contributed by atoms with Gasteiger partial charge in [0.1, 0.15) is 0 Å². The lowest BCUT2D eigenvalue weighted by molar-refractivity contribution is 0.543. The summed E-state index contributed by atoms with van der Waals surface area (Å²) in [5.41, 5.74) is 15.7. The normalized spacial score (nSPS) is 11.1. The first-order valence-corrected chi connectivity index (χ1v) is 2.70. The Hall–Kier alpha value is 0.420. The molecule has 0 rings (SSSR count). The van der Waals surface area contributed by atoms with E-state index in [1.54, 1.807) is 0 Å². The lowest BCUT2D eigenvalue weighted by Gasteiger charge is -2.08. The first kappa shape index (κ1) is 16.8. The molecule has 7 N–H and O–H groups in total. The molecule has 0 amide bonds. The Bertz CT molecular complexity index is 54.5. The molecule has 0 spiro atoms. The second-order valence-electron chi connectivity index (χ2n) is 1.58. The predicted octanol–water partition coefficient (Wildman–Crippen LogP) is -1.38. The Kier molecular flexibility index (Phi) is 20.4. The number of halogens is 2. The number of nitrogens with two attached hydrogens (primary N) is 3. The highest BCUT2D eigenvalue weighted by molar-refractivity contribution is 5.85. The summed E-state index contributed by atoms with van der Waals surface area (Å²) in [7, 11) is 0. The first-order valence-electron chi connectivity index (χ1n) is 2.70. The zero-order valence-electron chi connectivity index (χ0n) is 5.75. The summed E-state index contributed by atoms with van der Waals surface area (Å²) in [6.07, 6.45) is -0.0986. The second kappa shape index (κ2) is 12.1. The highest BCUT2D eigenvalue weighted by Crippen LogP contribution is 1.60. The standard InChI is InChI=1S/C4H14N4.2ClH/c5-1-2-8-4(7)3-6;;/h4,8H,1-3,5-7H2;2*1H. The maximum atomic E-state index is 5.37. The maximum Gasteiger partial charge on any atom is 0.0673 e. The van der Waals surface area contributed by atoms with E-state index >= 15 is 0 Å². The molecule has 0 fully saturated rings. The Morgan fingerprint density at radius 2 is 1.70 bits per heavy atom. The molecule has 66 valence electrons. The molecule has 1 atom stereocenters. The van der Waals surface area contributed by atoms with Crippen molar-refractivity contribution in [3.8, 4) is 0 Å². The van der Waals surface area contributed by atoms with Crippen LogP contribution in [0.25, 0.3) is 0 Å². The fraction of sp³-hybridized carbons (Fsp3) is 1.00. The van der Waals surface area contributed by atoms with Crippen LogP contribution in [0.15, 0.2) is 0 Å². The Balaban J connectivity index is -0.000000245. The predicted molar refractivity (Wildman–Crippen MR) is 48.6 cm³/mol. The molecule has 0 bridgehead atoms. The third-order valence-corrected chi connectivity index (χ3v) is 0.805. The molecule has 0 saturated carbocycles. The van der Waals surface area contributed by atoms with Crippen molar-refractivity contribution in [2.24, 2.45) is 17.2 Å². The number of hydrogen-bond acceptors (Lipinski definition) is 4. The van der Waals surface area contributed by atoms with Gasteiger partial charge in [-0.2, -0.15) is 0 Å². The molecule has 0 aromatic heterocycles. The SMILES string of the molecule is Cl.Cl.NCCNC(N)CN. The Labute approximate surface area is 73.7 Å². The molecule has 1 unspecified atom stereocenters. The van der Waals surface area contributed by atoms with Gasteiger partial charge in [-0.15, -0.1) is 24.8 Å². The average Bonchev–Trinajstić information content (AvgIpc) is 1.83. The van der Waals surface area contributed by atoms with Gasteiger partial charge < -0.3 is 17.2 Å². The summed E-state index contributed by atoms with van der Waals surface area (Å²) >= 11 is 0. The molecule has 0 aliphatic heterocycles. The Morgan fingerprint density at radius 1 is 1.20 bits per heavy atom. The summed E-state index contributed by atoms with van der Waals surface area (Å²) in [5.74, 6) is 0. The molecular weight excluding hydrogens is 175 g/mol. The highest BCUT2D eigenvalue weighted by Gasteiger charge is 1.92. The molecule has 0 aromatic rings. The van der Waals surface area contributed by atoms with Crippen LogP contribution in [0, 0.1) is 0 Å². The van der Waals surface area contributed by atoms with Crippen molar-refractivity contribution in [1.82, 2.24) is 5.32 Å². The van der Waals surface area contributed by atoms with Crippen LogP contribution in [0.1, 0.15) is 0 Å². The molecule has 0 aliphatic rings. The van der Waals surface area contributed by atoms with Gasteiger partial charge >= 0.3 is 0 Å². The van der Waals surface area contributed by atoms with E-state index in [1.165, 1.54) is 0 Å². The zero-order valence-corrected chi connectivity index (χ0v) is 7.38. The van der Waals surface area contributed by atoms with Gasteiger partial charge in [0.25, 0.3) is 0 Å². The minimum absolute atomic E-state index is 0.